The molecule has 106 valence electrons. The zero-order chi connectivity index (χ0) is 14.5. The van der Waals surface area contributed by atoms with Gasteiger partial charge < -0.3 is 5.32 Å². The Morgan fingerprint density at radius 1 is 1.42 bits per heavy atom. The molecule has 2 N–H and O–H groups in total. The van der Waals surface area contributed by atoms with Crippen LogP contribution in [0.5, 0.6) is 0 Å². The Morgan fingerprint density at radius 2 is 2.11 bits per heavy atom. The quantitative estimate of drug-likeness (QED) is 0.412. The maximum atomic E-state index is 11.4. The van der Waals surface area contributed by atoms with Gasteiger partial charge >= 0.3 is 0 Å². The average molecular weight is 399 g/mol. The summed E-state index contributed by atoms with van der Waals surface area (Å²) < 4.78 is 25.7. The highest BCUT2D eigenvalue weighted by Crippen LogP contribution is 2.23. The number of halogens is 1. The van der Waals surface area contributed by atoms with Crippen LogP contribution in [0.4, 0.5) is 11.4 Å². The predicted octanol–water partition coefficient (Wildman–Crippen LogP) is 1.55. The van der Waals surface area contributed by atoms with Gasteiger partial charge in [-0.2, -0.15) is 0 Å². The standard InChI is InChI=1S/C10H14IN3O4S/c1-2-13-19(17,18)6-5-12-8-3-4-10(14(15)16)9(11)7-8/h3-4,7,12-13H,2,5-6H2,1H3. The fourth-order valence-corrected chi connectivity index (χ4v) is 3.05. The number of hydrogen-bond acceptors (Lipinski definition) is 5. The fourth-order valence-electron chi connectivity index (χ4n) is 1.39. The summed E-state index contributed by atoms with van der Waals surface area (Å²) in [5.41, 5.74) is 0.688. The number of sulfonamides is 1. The minimum Gasteiger partial charge on any atom is -0.384 e. The average Bonchev–Trinajstić information content (AvgIpc) is 2.28. The molecule has 19 heavy (non-hydrogen) atoms. The van der Waals surface area contributed by atoms with Crippen molar-refractivity contribution in [2.24, 2.45) is 0 Å². The molecule has 0 unspecified atom stereocenters. The molecule has 0 amide bonds. The van der Waals surface area contributed by atoms with Crippen LogP contribution in [0, 0.1) is 13.7 Å². The number of rotatable bonds is 7. The third-order valence-electron chi connectivity index (χ3n) is 2.21. The van der Waals surface area contributed by atoms with E-state index < -0.39 is 14.9 Å². The fraction of sp³-hybridized carbons (Fsp3) is 0.400. The molecule has 9 heteroatoms. The lowest BCUT2D eigenvalue weighted by atomic mass is 10.3. The third-order valence-corrected chi connectivity index (χ3v) is 4.54. The number of nitrogens with zero attached hydrogens (tertiary/aromatic N) is 1. The molecule has 1 aromatic carbocycles. The van der Waals surface area contributed by atoms with E-state index in [4.69, 9.17) is 0 Å². The molecule has 0 radical (unpaired) electrons. The Kier molecular flexibility index (Phi) is 5.94. The topological polar surface area (TPSA) is 101 Å². The van der Waals surface area contributed by atoms with Gasteiger partial charge in [-0.05, 0) is 34.7 Å². The van der Waals surface area contributed by atoms with Crippen molar-refractivity contribution in [2.45, 2.75) is 6.92 Å². The summed E-state index contributed by atoms with van der Waals surface area (Å²) in [4.78, 5) is 10.2. The Balaban J connectivity index is 2.60. The monoisotopic (exact) mass is 399 g/mol. The van der Waals surface area contributed by atoms with E-state index in [2.05, 4.69) is 10.0 Å². The van der Waals surface area contributed by atoms with Crippen LogP contribution < -0.4 is 10.0 Å². The summed E-state index contributed by atoms with van der Waals surface area (Å²) >= 11 is 1.87. The van der Waals surface area contributed by atoms with Gasteiger partial charge in [-0.3, -0.25) is 10.1 Å². The van der Waals surface area contributed by atoms with Gasteiger partial charge in [0, 0.05) is 24.8 Å². The summed E-state index contributed by atoms with van der Waals surface area (Å²) in [6.07, 6.45) is 0. The molecular weight excluding hydrogens is 385 g/mol. The second-order valence-electron chi connectivity index (χ2n) is 3.67. The summed E-state index contributed by atoms with van der Waals surface area (Å²) in [5, 5.41) is 13.6. The maximum Gasteiger partial charge on any atom is 0.282 e. The summed E-state index contributed by atoms with van der Waals surface area (Å²) in [6.45, 7) is 2.31. The smallest absolute Gasteiger partial charge is 0.282 e. The van der Waals surface area contributed by atoms with Crippen molar-refractivity contribution in [3.63, 3.8) is 0 Å². The molecule has 0 aromatic heterocycles. The second kappa shape index (κ2) is 7.01. The highest BCUT2D eigenvalue weighted by molar-refractivity contribution is 14.1. The Bertz CT molecular complexity index is 562. The largest absolute Gasteiger partial charge is 0.384 e. The van der Waals surface area contributed by atoms with E-state index in [1.165, 1.54) is 6.07 Å². The van der Waals surface area contributed by atoms with Crippen LogP contribution in [0.1, 0.15) is 6.92 Å². The number of hydrogen-bond donors (Lipinski definition) is 2. The normalized spacial score (nSPS) is 11.3. The molecule has 1 aromatic rings. The second-order valence-corrected chi connectivity index (χ2v) is 6.76. The van der Waals surface area contributed by atoms with E-state index in [-0.39, 0.29) is 18.0 Å². The molecule has 1 rings (SSSR count). The SMILES string of the molecule is CCNS(=O)(=O)CCNc1ccc([N+](=O)[O-])c(I)c1. The van der Waals surface area contributed by atoms with Crippen LogP contribution in [0.25, 0.3) is 0 Å². The molecule has 0 aliphatic heterocycles. The van der Waals surface area contributed by atoms with Gasteiger partial charge in [0.15, 0.2) is 0 Å². The third kappa shape index (κ3) is 5.28. The predicted molar refractivity (Wildman–Crippen MR) is 81.8 cm³/mol. The first kappa shape index (κ1) is 16.1. The van der Waals surface area contributed by atoms with Crippen LogP contribution >= 0.6 is 22.6 Å². The van der Waals surface area contributed by atoms with Crippen LogP contribution in [0.2, 0.25) is 0 Å². The minimum absolute atomic E-state index is 0.0337. The molecule has 0 aliphatic carbocycles. The van der Waals surface area contributed by atoms with E-state index in [0.29, 0.717) is 15.8 Å². The number of nitro groups is 1. The Hall–Kier alpha value is -0.940. The lowest BCUT2D eigenvalue weighted by molar-refractivity contribution is -0.385. The molecule has 0 atom stereocenters. The highest BCUT2D eigenvalue weighted by Gasteiger charge is 2.12. The van der Waals surface area contributed by atoms with E-state index in [9.17, 15) is 18.5 Å². The van der Waals surface area contributed by atoms with Gasteiger partial charge in [0.2, 0.25) is 10.0 Å². The highest BCUT2D eigenvalue weighted by atomic mass is 127. The van der Waals surface area contributed by atoms with Gasteiger partial charge in [0.05, 0.1) is 14.2 Å². The number of nitro benzene ring substituents is 1. The van der Waals surface area contributed by atoms with Crippen LogP contribution in [0.15, 0.2) is 18.2 Å². The van der Waals surface area contributed by atoms with E-state index in [1.807, 2.05) is 22.6 Å². The lowest BCUT2D eigenvalue weighted by Crippen LogP contribution is -2.29. The molecule has 0 heterocycles. The summed E-state index contributed by atoms with van der Waals surface area (Å²) in [5.74, 6) is -0.0472. The summed E-state index contributed by atoms with van der Waals surface area (Å²) in [7, 11) is -3.26. The zero-order valence-electron chi connectivity index (χ0n) is 10.2. The molecule has 0 saturated heterocycles. The first-order chi connectivity index (χ1) is 8.85. The molecule has 0 spiro atoms. The number of anilines is 1. The van der Waals surface area contributed by atoms with Gasteiger partial charge in [-0.25, -0.2) is 13.1 Å². The Labute approximate surface area is 125 Å². The van der Waals surface area contributed by atoms with Gasteiger partial charge in [-0.1, -0.05) is 6.92 Å². The molecule has 7 nitrogen and oxygen atoms in total. The van der Waals surface area contributed by atoms with Crippen molar-refractivity contribution in [3.05, 3.63) is 31.9 Å². The van der Waals surface area contributed by atoms with Gasteiger partial charge in [-0.15, -0.1) is 0 Å². The van der Waals surface area contributed by atoms with Crippen molar-refractivity contribution in [3.8, 4) is 0 Å². The van der Waals surface area contributed by atoms with Gasteiger partial charge in [0.1, 0.15) is 0 Å². The van der Waals surface area contributed by atoms with Crippen LogP contribution in [-0.2, 0) is 10.0 Å². The summed E-state index contributed by atoms with van der Waals surface area (Å²) in [6, 6.07) is 4.56. The van der Waals surface area contributed by atoms with Crippen molar-refractivity contribution in [2.75, 3.05) is 24.2 Å². The van der Waals surface area contributed by atoms with E-state index in [0.717, 1.165) is 0 Å². The van der Waals surface area contributed by atoms with E-state index >= 15 is 0 Å². The Morgan fingerprint density at radius 3 is 2.63 bits per heavy atom. The van der Waals surface area contributed by atoms with Crippen LogP contribution in [0.3, 0.4) is 0 Å². The first-order valence-corrected chi connectivity index (χ1v) is 8.24. The molecule has 0 bridgehead atoms. The maximum absolute atomic E-state index is 11.4. The van der Waals surface area contributed by atoms with Crippen molar-refractivity contribution >= 4 is 44.0 Å². The van der Waals surface area contributed by atoms with Gasteiger partial charge in [0.25, 0.3) is 5.69 Å². The number of nitrogens with one attached hydrogen (secondary N) is 2. The first-order valence-electron chi connectivity index (χ1n) is 5.51. The zero-order valence-corrected chi connectivity index (χ0v) is 13.2. The molecule has 0 saturated carbocycles. The molecule has 0 aliphatic rings. The minimum atomic E-state index is -3.26. The number of benzene rings is 1. The molecule has 0 fully saturated rings. The van der Waals surface area contributed by atoms with Crippen LogP contribution in [-0.4, -0.2) is 32.2 Å². The molecular formula is C10H14IN3O4S. The van der Waals surface area contributed by atoms with E-state index in [1.54, 1.807) is 19.1 Å². The lowest BCUT2D eigenvalue weighted by Gasteiger charge is -2.08. The van der Waals surface area contributed by atoms with Crippen molar-refractivity contribution < 1.29 is 13.3 Å². The van der Waals surface area contributed by atoms with Crippen molar-refractivity contribution in [1.82, 2.24) is 4.72 Å². The van der Waals surface area contributed by atoms with Crippen molar-refractivity contribution in [1.29, 1.82) is 0 Å².